The Balaban J connectivity index is 1.90. The molecule has 1 N–H and O–H groups in total. The van der Waals surface area contributed by atoms with Crippen molar-refractivity contribution in [2.24, 2.45) is 0 Å². The molecule has 0 aliphatic carbocycles. The molecule has 0 bridgehead atoms. The molecule has 0 radical (unpaired) electrons. The maximum atomic E-state index is 5.77. The standard InChI is InChI=1S/C15H18BrNOS/c1-17-14(8-10-4-3-7-18-10)12-9-19-15-11(12)5-2-6-13(15)16/h2,5-6,9-10,14,17H,3-4,7-8H2,1H3. The van der Waals surface area contributed by atoms with Crippen LogP contribution < -0.4 is 5.32 Å². The molecule has 1 aliphatic heterocycles. The number of benzene rings is 1. The first-order valence-corrected chi connectivity index (χ1v) is 8.41. The SMILES string of the molecule is CNC(CC1CCCO1)c1csc2c(Br)cccc12. The van der Waals surface area contributed by atoms with Gasteiger partial charge in [0.1, 0.15) is 0 Å². The van der Waals surface area contributed by atoms with Crippen LogP contribution >= 0.6 is 27.3 Å². The summed E-state index contributed by atoms with van der Waals surface area (Å²) < 4.78 is 8.30. The molecule has 1 aromatic carbocycles. The van der Waals surface area contributed by atoms with E-state index in [1.807, 2.05) is 18.4 Å². The van der Waals surface area contributed by atoms with Gasteiger partial charge in [0.2, 0.25) is 0 Å². The fourth-order valence-electron chi connectivity index (χ4n) is 2.81. The lowest BCUT2D eigenvalue weighted by Crippen LogP contribution is -2.21. The Morgan fingerprint density at radius 2 is 2.42 bits per heavy atom. The average molecular weight is 340 g/mol. The molecule has 4 heteroatoms. The van der Waals surface area contributed by atoms with Crippen molar-refractivity contribution in [2.45, 2.75) is 31.4 Å². The summed E-state index contributed by atoms with van der Waals surface area (Å²) in [5, 5.41) is 7.10. The summed E-state index contributed by atoms with van der Waals surface area (Å²) in [5.74, 6) is 0. The molecular weight excluding hydrogens is 322 g/mol. The quantitative estimate of drug-likeness (QED) is 0.885. The molecule has 1 saturated heterocycles. The molecule has 2 atom stereocenters. The van der Waals surface area contributed by atoms with Gasteiger partial charge in [-0.05, 0) is 64.6 Å². The molecule has 0 spiro atoms. The number of ether oxygens (including phenoxy) is 1. The molecule has 0 saturated carbocycles. The Labute approximate surface area is 126 Å². The van der Waals surface area contributed by atoms with Crippen LogP contribution in [-0.2, 0) is 4.74 Å². The highest BCUT2D eigenvalue weighted by Crippen LogP contribution is 2.37. The minimum atomic E-state index is 0.381. The van der Waals surface area contributed by atoms with Gasteiger partial charge in [-0.15, -0.1) is 11.3 Å². The number of thiophene rings is 1. The Kier molecular flexibility index (Phi) is 4.22. The lowest BCUT2D eigenvalue weighted by atomic mass is 9.99. The summed E-state index contributed by atoms with van der Waals surface area (Å²) in [7, 11) is 2.04. The summed E-state index contributed by atoms with van der Waals surface area (Å²) in [4.78, 5) is 0. The summed E-state index contributed by atoms with van der Waals surface area (Å²) in [6.07, 6.45) is 3.88. The Morgan fingerprint density at radius 1 is 1.53 bits per heavy atom. The number of hydrogen-bond donors (Lipinski definition) is 1. The second kappa shape index (κ2) is 5.92. The first-order valence-electron chi connectivity index (χ1n) is 6.74. The zero-order valence-corrected chi connectivity index (χ0v) is 13.4. The molecule has 2 unspecified atom stereocenters. The topological polar surface area (TPSA) is 21.3 Å². The molecule has 2 nitrogen and oxygen atoms in total. The second-order valence-electron chi connectivity index (χ2n) is 5.02. The number of fused-ring (bicyclic) bond motifs is 1. The first kappa shape index (κ1) is 13.6. The molecule has 2 aromatic rings. The molecule has 1 aliphatic rings. The van der Waals surface area contributed by atoms with Crippen LogP contribution in [0.4, 0.5) is 0 Å². The summed E-state index contributed by atoms with van der Waals surface area (Å²) >= 11 is 5.45. The van der Waals surface area contributed by atoms with Crippen molar-refractivity contribution in [2.75, 3.05) is 13.7 Å². The van der Waals surface area contributed by atoms with Crippen molar-refractivity contribution < 1.29 is 4.74 Å². The van der Waals surface area contributed by atoms with E-state index in [0.29, 0.717) is 12.1 Å². The summed E-state index contributed by atoms with van der Waals surface area (Å²) in [6, 6.07) is 6.82. The van der Waals surface area contributed by atoms with Crippen molar-refractivity contribution in [1.82, 2.24) is 5.32 Å². The van der Waals surface area contributed by atoms with E-state index in [4.69, 9.17) is 4.74 Å². The van der Waals surface area contributed by atoms with Gasteiger partial charge < -0.3 is 10.1 Å². The molecule has 1 aromatic heterocycles. The number of hydrogen-bond acceptors (Lipinski definition) is 3. The Bertz CT molecular complexity index is 562. The van der Waals surface area contributed by atoms with Crippen LogP contribution in [0.3, 0.4) is 0 Å². The molecule has 1 fully saturated rings. The lowest BCUT2D eigenvalue weighted by molar-refractivity contribution is 0.0955. The first-order chi connectivity index (χ1) is 9.29. The highest BCUT2D eigenvalue weighted by molar-refractivity contribution is 9.10. The van der Waals surface area contributed by atoms with Gasteiger partial charge in [-0.1, -0.05) is 12.1 Å². The van der Waals surface area contributed by atoms with Crippen molar-refractivity contribution in [1.29, 1.82) is 0 Å². The van der Waals surface area contributed by atoms with Crippen LogP contribution in [0, 0.1) is 0 Å². The van der Waals surface area contributed by atoms with Crippen molar-refractivity contribution in [3.05, 3.63) is 33.6 Å². The predicted molar refractivity (Wildman–Crippen MR) is 84.9 cm³/mol. The third kappa shape index (κ3) is 2.72. The van der Waals surface area contributed by atoms with Crippen LogP contribution in [-0.4, -0.2) is 19.8 Å². The minimum absolute atomic E-state index is 0.381. The van der Waals surface area contributed by atoms with Gasteiger partial charge in [0, 0.05) is 21.8 Å². The monoisotopic (exact) mass is 339 g/mol. The van der Waals surface area contributed by atoms with Crippen molar-refractivity contribution >= 4 is 37.4 Å². The van der Waals surface area contributed by atoms with E-state index in [1.165, 1.54) is 33.0 Å². The lowest BCUT2D eigenvalue weighted by Gasteiger charge is -2.19. The maximum Gasteiger partial charge on any atom is 0.0594 e. The zero-order valence-electron chi connectivity index (χ0n) is 11.0. The highest BCUT2D eigenvalue weighted by Gasteiger charge is 2.23. The molecule has 2 heterocycles. The number of nitrogens with one attached hydrogen (secondary N) is 1. The number of rotatable bonds is 4. The third-order valence-electron chi connectivity index (χ3n) is 3.83. The summed E-state index contributed by atoms with van der Waals surface area (Å²) in [5.41, 5.74) is 1.40. The molecule has 19 heavy (non-hydrogen) atoms. The second-order valence-corrected chi connectivity index (χ2v) is 6.75. The predicted octanol–water partition coefficient (Wildman–Crippen LogP) is 4.49. The minimum Gasteiger partial charge on any atom is -0.378 e. The largest absolute Gasteiger partial charge is 0.378 e. The highest BCUT2D eigenvalue weighted by atomic mass is 79.9. The van der Waals surface area contributed by atoms with Gasteiger partial charge in [-0.25, -0.2) is 0 Å². The van der Waals surface area contributed by atoms with E-state index in [0.717, 1.165) is 13.0 Å². The third-order valence-corrected chi connectivity index (χ3v) is 5.80. The van der Waals surface area contributed by atoms with E-state index in [-0.39, 0.29) is 0 Å². The number of halogens is 1. The van der Waals surface area contributed by atoms with Crippen LogP contribution in [0.25, 0.3) is 10.1 Å². The molecule has 3 rings (SSSR count). The van der Waals surface area contributed by atoms with Crippen LogP contribution in [0.2, 0.25) is 0 Å². The van der Waals surface area contributed by atoms with Crippen LogP contribution in [0.1, 0.15) is 30.9 Å². The van der Waals surface area contributed by atoms with E-state index >= 15 is 0 Å². The molecule has 0 amide bonds. The Hall–Kier alpha value is -0.420. The van der Waals surface area contributed by atoms with E-state index < -0.39 is 0 Å². The van der Waals surface area contributed by atoms with E-state index in [9.17, 15) is 0 Å². The Morgan fingerprint density at radius 3 is 3.16 bits per heavy atom. The fourth-order valence-corrected chi connectivity index (χ4v) is 4.48. The van der Waals surface area contributed by atoms with E-state index in [1.54, 1.807) is 0 Å². The van der Waals surface area contributed by atoms with Gasteiger partial charge >= 0.3 is 0 Å². The van der Waals surface area contributed by atoms with E-state index in [2.05, 4.69) is 44.8 Å². The van der Waals surface area contributed by atoms with Crippen molar-refractivity contribution in [3.63, 3.8) is 0 Å². The van der Waals surface area contributed by atoms with Gasteiger partial charge in [-0.3, -0.25) is 0 Å². The normalized spacial score (nSPS) is 21.1. The fraction of sp³-hybridized carbons (Fsp3) is 0.467. The molecule has 102 valence electrons. The zero-order chi connectivity index (χ0) is 13.2. The van der Waals surface area contributed by atoms with Crippen LogP contribution in [0.5, 0.6) is 0 Å². The maximum absolute atomic E-state index is 5.77. The van der Waals surface area contributed by atoms with Gasteiger partial charge in [0.05, 0.1) is 6.10 Å². The average Bonchev–Trinajstić information content (AvgIpc) is 3.05. The van der Waals surface area contributed by atoms with Gasteiger partial charge in [0.25, 0.3) is 0 Å². The molecular formula is C15H18BrNOS. The smallest absolute Gasteiger partial charge is 0.0594 e. The van der Waals surface area contributed by atoms with Crippen LogP contribution in [0.15, 0.2) is 28.1 Å². The summed E-state index contributed by atoms with van der Waals surface area (Å²) in [6.45, 7) is 0.928. The van der Waals surface area contributed by atoms with Gasteiger partial charge in [0.15, 0.2) is 0 Å². The van der Waals surface area contributed by atoms with Gasteiger partial charge in [-0.2, -0.15) is 0 Å². The van der Waals surface area contributed by atoms with Crippen molar-refractivity contribution in [3.8, 4) is 0 Å².